The molecular formula is C19H25N3O. The predicted molar refractivity (Wildman–Crippen MR) is 95.9 cm³/mol. The van der Waals surface area contributed by atoms with Gasteiger partial charge >= 0.3 is 0 Å². The van der Waals surface area contributed by atoms with Crippen molar-refractivity contribution in [2.75, 3.05) is 14.2 Å². The molecule has 4 nitrogen and oxygen atoms in total. The van der Waals surface area contributed by atoms with Gasteiger partial charge in [0.25, 0.3) is 0 Å². The van der Waals surface area contributed by atoms with E-state index in [4.69, 9.17) is 4.74 Å². The summed E-state index contributed by atoms with van der Waals surface area (Å²) in [7, 11) is 3.46. The van der Waals surface area contributed by atoms with Crippen LogP contribution in [-0.2, 0) is 13.1 Å². The first-order valence-electron chi connectivity index (χ1n) is 7.76. The Balaban J connectivity index is 1.93. The highest BCUT2D eigenvalue weighted by Crippen LogP contribution is 2.16. The van der Waals surface area contributed by atoms with Gasteiger partial charge in [-0.3, -0.25) is 4.99 Å². The summed E-state index contributed by atoms with van der Waals surface area (Å²) in [5.41, 5.74) is 4.95. The molecule has 2 rings (SSSR count). The second-order valence-corrected chi connectivity index (χ2v) is 5.52. The highest BCUT2D eigenvalue weighted by Gasteiger charge is 2.04. The lowest BCUT2D eigenvalue weighted by molar-refractivity contribution is 0.409. The van der Waals surface area contributed by atoms with Crippen molar-refractivity contribution in [3.63, 3.8) is 0 Å². The Bertz CT molecular complexity index is 680. The summed E-state index contributed by atoms with van der Waals surface area (Å²) in [6.07, 6.45) is 0. The summed E-state index contributed by atoms with van der Waals surface area (Å²) in [4.78, 5) is 4.27. The third kappa shape index (κ3) is 4.74. The van der Waals surface area contributed by atoms with Gasteiger partial charge in [0.1, 0.15) is 5.75 Å². The number of aliphatic imine (C=N–C) groups is 1. The summed E-state index contributed by atoms with van der Waals surface area (Å²) in [6, 6.07) is 14.5. The molecule has 0 amide bonds. The fourth-order valence-corrected chi connectivity index (χ4v) is 2.47. The van der Waals surface area contributed by atoms with Gasteiger partial charge < -0.3 is 15.4 Å². The number of guanidine groups is 1. The maximum absolute atomic E-state index is 5.37. The first-order chi connectivity index (χ1) is 11.1. The first kappa shape index (κ1) is 16.9. The lowest BCUT2D eigenvalue weighted by Gasteiger charge is -2.14. The summed E-state index contributed by atoms with van der Waals surface area (Å²) >= 11 is 0. The molecule has 0 bridgehead atoms. The number of ether oxygens (including phenoxy) is 1. The molecule has 2 N–H and O–H groups in total. The minimum Gasteiger partial charge on any atom is -0.496 e. The zero-order valence-electron chi connectivity index (χ0n) is 14.3. The van der Waals surface area contributed by atoms with Crippen molar-refractivity contribution < 1.29 is 4.74 Å². The Morgan fingerprint density at radius 2 is 1.70 bits per heavy atom. The average Bonchev–Trinajstić information content (AvgIpc) is 2.56. The van der Waals surface area contributed by atoms with Gasteiger partial charge in [0.2, 0.25) is 0 Å². The van der Waals surface area contributed by atoms with E-state index in [1.165, 1.54) is 16.7 Å². The van der Waals surface area contributed by atoms with Gasteiger partial charge in [-0.15, -0.1) is 0 Å². The molecule has 4 heteroatoms. The smallest absolute Gasteiger partial charge is 0.191 e. The lowest BCUT2D eigenvalue weighted by atomic mass is 10.1. The largest absolute Gasteiger partial charge is 0.496 e. The molecule has 122 valence electrons. The van der Waals surface area contributed by atoms with Crippen LogP contribution in [0.4, 0.5) is 0 Å². The van der Waals surface area contributed by atoms with Crippen molar-refractivity contribution in [1.29, 1.82) is 0 Å². The normalized spacial score (nSPS) is 11.2. The van der Waals surface area contributed by atoms with E-state index >= 15 is 0 Å². The van der Waals surface area contributed by atoms with Gasteiger partial charge in [-0.1, -0.05) is 42.0 Å². The molecule has 0 atom stereocenters. The molecule has 0 spiro atoms. The van der Waals surface area contributed by atoms with Crippen LogP contribution in [0.15, 0.2) is 47.5 Å². The zero-order chi connectivity index (χ0) is 16.7. The predicted octanol–water partition coefficient (Wildman–Crippen LogP) is 3.18. The van der Waals surface area contributed by atoms with Crippen molar-refractivity contribution in [3.8, 4) is 5.75 Å². The van der Waals surface area contributed by atoms with E-state index in [0.29, 0.717) is 6.54 Å². The minimum atomic E-state index is 0.663. The number of rotatable bonds is 5. The zero-order valence-corrected chi connectivity index (χ0v) is 14.3. The van der Waals surface area contributed by atoms with Gasteiger partial charge in [-0.25, -0.2) is 0 Å². The van der Waals surface area contributed by atoms with Crippen LogP contribution in [-0.4, -0.2) is 20.1 Å². The number of nitrogens with one attached hydrogen (secondary N) is 2. The number of hydrogen-bond acceptors (Lipinski definition) is 2. The average molecular weight is 311 g/mol. The minimum absolute atomic E-state index is 0.663. The van der Waals surface area contributed by atoms with E-state index in [2.05, 4.69) is 47.7 Å². The van der Waals surface area contributed by atoms with E-state index in [1.807, 2.05) is 24.3 Å². The van der Waals surface area contributed by atoms with Crippen LogP contribution in [0, 0.1) is 13.8 Å². The Labute approximate surface area is 138 Å². The number of nitrogens with zero attached hydrogens (tertiary/aromatic N) is 1. The molecule has 0 saturated carbocycles. The molecule has 0 aliphatic heterocycles. The molecule has 0 unspecified atom stereocenters. The quantitative estimate of drug-likeness (QED) is 0.658. The molecule has 0 aliphatic carbocycles. The topological polar surface area (TPSA) is 45.7 Å². The van der Waals surface area contributed by atoms with E-state index in [9.17, 15) is 0 Å². The van der Waals surface area contributed by atoms with Crippen LogP contribution < -0.4 is 15.4 Å². The maximum Gasteiger partial charge on any atom is 0.191 e. The fourth-order valence-electron chi connectivity index (χ4n) is 2.47. The number of hydrogen-bond donors (Lipinski definition) is 2. The van der Waals surface area contributed by atoms with Crippen LogP contribution in [0.3, 0.4) is 0 Å². The molecule has 0 heterocycles. The Hall–Kier alpha value is -2.49. The van der Waals surface area contributed by atoms with Crippen LogP contribution in [0.1, 0.15) is 22.3 Å². The van der Waals surface area contributed by atoms with Crippen molar-refractivity contribution in [2.24, 2.45) is 4.99 Å². The molecule has 2 aromatic rings. The summed E-state index contributed by atoms with van der Waals surface area (Å²) in [5, 5.41) is 6.67. The Kier molecular flexibility index (Phi) is 6.03. The van der Waals surface area contributed by atoms with Gasteiger partial charge in [-0.05, 0) is 31.0 Å². The molecule has 0 radical (unpaired) electrons. The SMILES string of the molecule is CN=C(NCc1ccc(C)cc1C)NCc1ccccc1OC. The van der Waals surface area contributed by atoms with Crippen LogP contribution >= 0.6 is 0 Å². The molecular weight excluding hydrogens is 286 g/mol. The number of aryl methyl sites for hydroxylation is 2. The number of methoxy groups -OCH3 is 1. The van der Waals surface area contributed by atoms with Gasteiger partial charge in [-0.2, -0.15) is 0 Å². The van der Waals surface area contributed by atoms with E-state index < -0.39 is 0 Å². The molecule has 2 aromatic carbocycles. The lowest BCUT2D eigenvalue weighted by Crippen LogP contribution is -2.36. The third-order valence-electron chi connectivity index (χ3n) is 3.81. The molecule has 0 aliphatic rings. The van der Waals surface area contributed by atoms with Crippen molar-refractivity contribution in [3.05, 3.63) is 64.7 Å². The highest BCUT2D eigenvalue weighted by atomic mass is 16.5. The van der Waals surface area contributed by atoms with Crippen molar-refractivity contribution in [2.45, 2.75) is 26.9 Å². The van der Waals surface area contributed by atoms with Crippen molar-refractivity contribution in [1.82, 2.24) is 10.6 Å². The van der Waals surface area contributed by atoms with Gasteiger partial charge in [0.15, 0.2) is 5.96 Å². The van der Waals surface area contributed by atoms with Crippen LogP contribution in [0.25, 0.3) is 0 Å². The van der Waals surface area contributed by atoms with E-state index in [1.54, 1.807) is 14.2 Å². The van der Waals surface area contributed by atoms with Crippen LogP contribution in [0.2, 0.25) is 0 Å². The number of para-hydroxylation sites is 1. The summed E-state index contributed by atoms with van der Waals surface area (Å²) in [6.45, 7) is 5.65. The Morgan fingerprint density at radius 1 is 1.00 bits per heavy atom. The fraction of sp³-hybridized carbons (Fsp3) is 0.316. The number of benzene rings is 2. The van der Waals surface area contributed by atoms with Gasteiger partial charge in [0.05, 0.1) is 7.11 Å². The Morgan fingerprint density at radius 3 is 2.35 bits per heavy atom. The molecule has 0 aromatic heterocycles. The monoisotopic (exact) mass is 311 g/mol. The maximum atomic E-state index is 5.37. The first-order valence-corrected chi connectivity index (χ1v) is 7.76. The van der Waals surface area contributed by atoms with E-state index in [0.717, 1.165) is 23.8 Å². The second kappa shape index (κ2) is 8.22. The summed E-state index contributed by atoms with van der Waals surface area (Å²) in [5.74, 6) is 1.65. The van der Waals surface area contributed by atoms with E-state index in [-0.39, 0.29) is 0 Å². The third-order valence-corrected chi connectivity index (χ3v) is 3.81. The molecule has 0 saturated heterocycles. The van der Waals surface area contributed by atoms with Crippen molar-refractivity contribution >= 4 is 5.96 Å². The highest BCUT2D eigenvalue weighted by molar-refractivity contribution is 5.79. The molecule has 23 heavy (non-hydrogen) atoms. The van der Waals surface area contributed by atoms with Crippen LogP contribution in [0.5, 0.6) is 5.75 Å². The van der Waals surface area contributed by atoms with Gasteiger partial charge in [0, 0.05) is 25.7 Å². The standard InChI is InChI=1S/C19H25N3O/c1-14-9-10-16(15(2)11-14)12-21-19(20-3)22-13-17-7-5-6-8-18(17)23-4/h5-11H,12-13H2,1-4H3,(H2,20,21,22). The summed E-state index contributed by atoms with van der Waals surface area (Å²) < 4.78 is 5.37. The molecule has 0 fully saturated rings. The second-order valence-electron chi connectivity index (χ2n) is 5.52.